The van der Waals surface area contributed by atoms with Crippen molar-refractivity contribution in [2.45, 2.75) is 59.0 Å². The summed E-state index contributed by atoms with van der Waals surface area (Å²) in [5, 5.41) is 24.0. The molecule has 0 aliphatic heterocycles. The van der Waals surface area contributed by atoms with Gasteiger partial charge in [-0.1, -0.05) is 27.7 Å². The molecule has 0 fully saturated rings. The first-order valence-electron chi connectivity index (χ1n) is 7.67. The van der Waals surface area contributed by atoms with Crippen LogP contribution >= 0.6 is 0 Å². The quantitative estimate of drug-likeness (QED) is 0.427. The number of aliphatic hydroxyl groups excluding tert-OH is 1. The number of aliphatic carboxylic acids is 1. The number of carboxylic acid groups (broad SMARTS) is 1. The van der Waals surface area contributed by atoms with Gasteiger partial charge in [-0.2, -0.15) is 0 Å². The Labute approximate surface area is 127 Å². The van der Waals surface area contributed by atoms with E-state index >= 15 is 0 Å². The third kappa shape index (κ3) is 8.67. The Morgan fingerprint density at radius 2 is 1.71 bits per heavy atom. The van der Waals surface area contributed by atoms with Crippen LogP contribution in [0.4, 0.5) is 0 Å². The molecule has 1 amide bonds. The maximum atomic E-state index is 11.8. The smallest absolute Gasteiger partial charge is 0.320 e. The number of carbonyl (C=O) groups excluding carboxylic acids is 1. The molecule has 0 aromatic rings. The van der Waals surface area contributed by atoms with E-state index in [1.165, 1.54) is 0 Å². The highest BCUT2D eigenvalue weighted by atomic mass is 16.4. The van der Waals surface area contributed by atoms with Gasteiger partial charge in [0.15, 0.2) is 0 Å². The second kappa shape index (κ2) is 10.6. The number of nitrogens with one attached hydrogen (secondary N) is 2. The van der Waals surface area contributed by atoms with Crippen LogP contribution in [0.1, 0.15) is 47.0 Å². The van der Waals surface area contributed by atoms with Crippen molar-refractivity contribution in [1.29, 1.82) is 0 Å². The predicted molar refractivity (Wildman–Crippen MR) is 82.0 cm³/mol. The van der Waals surface area contributed by atoms with Crippen LogP contribution in [-0.4, -0.2) is 47.3 Å². The molecule has 0 saturated carbocycles. The fourth-order valence-electron chi connectivity index (χ4n) is 2.09. The topological polar surface area (TPSA) is 98.7 Å². The molecule has 0 aromatic carbocycles. The summed E-state index contributed by atoms with van der Waals surface area (Å²) in [5.41, 5.74) is 0. The molecule has 0 spiro atoms. The van der Waals surface area contributed by atoms with E-state index in [4.69, 9.17) is 10.2 Å². The second-order valence-corrected chi connectivity index (χ2v) is 6.03. The van der Waals surface area contributed by atoms with Crippen LogP contribution in [-0.2, 0) is 9.59 Å². The molecule has 0 saturated heterocycles. The molecule has 0 aromatic heterocycles. The van der Waals surface area contributed by atoms with Gasteiger partial charge in [-0.05, 0) is 25.2 Å². The highest BCUT2D eigenvalue weighted by Gasteiger charge is 2.21. The van der Waals surface area contributed by atoms with Crippen LogP contribution in [0.25, 0.3) is 0 Å². The van der Waals surface area contributed by atoms with Crippen LogP contribution in [0.2, 0.25) is 0 Å². The van der Waals surface area contributed by atoms with Crippen LogP contribution in [0, 0.1) is 11.8 Å². The summed E-state index contributed by atoms with van der Waals surface area (Å²) < 4.78 is 0. The summed E-state index contributed by atoms with van der Waals surface area (Å²) >= 11 is 0. The van der Waals surface area contributed by atoms with Crippen molar-refractivity contribution in [3.63, 3.8) is 0 Å². The minimum Gasteiger partial charge on any atom is -0.480 e. The molecule has 21 heavy (non-hydrogen) atoms. The van der Waals surface area contributed by atoms with Crippen molar-refractivity contribution < 1.29 is 19.8 Å². The zero-order valence-corrected chi connectivity index (χ0v) is 13.6. The van der Waals surface area contributed by atoms with Crippen molar-refractivity contribution in [3.8, 4) is 0 Å². The van der Waals surface area contributed by atoms with Gasteiger partial charge in [0, 0.05) is 12.6 Å². The third-order valence-corrected chi connectivity index (χ3v) is 3.39. The molecule has 0 radical (unpaired) electrons. The Morgan fingerprint density at radius 1 is 1.10 bits per heavy atom. The molecule has 1 unspecified atom stereocenters. The number of hydrogen-bond acceptors (Lipinski definition) is 4. The minimum absolute atomic E-state index is 0.0987. The number of aliphatic hydroxyl groups is 1. The molecular weight excluding hydrogens is 272 g/mol. The molecular formula is C15H30N2O4. The number of amides is 1. The Bertz CT molecular complexity index is 319. The van der Waals surface area contributed by atoms with Gasteiger partial charge in [0.25, 0.3) is 0 Å². The van der Waals surface area contributed by atoms with Gasteiger partial charge in [-0.3, -0.25) is 9.59 Å². The van der Waals surface area contributed by atoms with Crippen molar-refractivity contribution in [3.05, 3.63) is 0 Å². The molecule has 0 aliphatic carbocycles. The molecule has 2 atom stereocenters. The Kier molecular flexibility index (Phi) is 9.99. The molecule has 4 N–H and O–H groups in total. The normalized spacial score (nSPS) is 14.2. The van der Waals surface area contributed by atoms with Crippen molar-refractivity contribution >= 4 is 11.9 Å². The zero-order chi connectivity index (χ0) is 16.4. The van der Waals surface area contributed by atoms with E-state index in [1.54, 1.807) is 0 Å². The van der Waals surface area contributed by atoms with Crippen molar-refractivity contribution in [2.24, 2.45) is 11.8 Å². The summed E-state index contributed by atoms with van der Waals surface area (Å²) in [6.07, 6.45) is 1.99. The predicted octanol–water partition coefficient (Wildman–Crippen LogP) is 0.989. The van der Waals surface area contributed by atoms with E-state index in [2.05, 4.69) is 10.6 Å². The molecule has 6 heteroatoms. The highest BCUT2D eigenvalue weighted by Crippen LogP contribution is 2.10. The molecule has 0 rings (SSSR count). The minimum atomic E-state index is -0.840. The average Bonchev–Trinajstić information content (AvgIpc) is 2.36. The van der Waals surface area contributed by atoms with Gasteiger partial charge in [0.1, 0.15) is 6.04 Å². The third-order valence-electron chi connectivity index (χ3n) is 3.39. The summed E-state index contributed by atoms with van der Waals surface area (Å²) in [7, 11) is 0. The average molecular weight is 302 g/mol. The van der Waals surface area contributed by atoms with E-state index in [9.17, 15) is 9.59 Å². The van der Waals surface area contributed by atoms with Crippen LogP contribution < -0.4 is 10.6 Å². The maximum absolute atomic E-state index is 11.8. The van der Waals surface area contributed by atoms with Gasteiger partial charge >= 0.3 is 5.97 Å². The molecule has 6 nitrogen and oxygen atoms in total. The van der Waals surface area contributed by atoms with Gasteiger partial charge < -0.3 is 20.8 Å². The second-order valence-electron chi connectivity index (χ2n) is 6.03. The van der Waals surface area contributed by atoms with Gasteiger partial charge in [-0.15, -0.1) is 0 Å². The monoisotopic (exact) mass is 302 g/mol. The highest BCUT2D eigenvalue weighted by molar-refractivity contribution is 5.78. The standard InChI is InChI=1S/C15H30N2O4/c1-10(2)12(9-18)14(19)16-8-6-5-7-13(15(20)21)17-11(3)4/h10-13,17-18H,5-9H2,1-4H3,(H,16,19)(H,20,21)/t12?,13-/m0/s1. The lowest BCUT2D eigenvalue weighted by Gasteiger charge is -2.18. The fourth-order valence-corrected chi connectivity index (χ4v) is 2.09. The number of hydrogen-bond donors (Lipinski definition) is 4. The lowest BCUT2D eigenvalue weighted by Crippen LogP contribution is -2.41. The Hall–Kier alpha value is -1.14. The maximum Gasteiger partial charge on any atom is 0.320 e. The van der Waals surface area contributed by atoms with Crippen molar-refractivity contribution in [1.82, 2.24) is 10.6 Å². The first-order valence-corrected chi connectivity index (χ1v) is 7.67. The first-order chi connectivity index (χ1) is 9.79. The molecule has 124 valence electrons. The van der Waals surface area contributed by atoms with Crippen LogP contribution in [0.5, 0.6) is 0 Å². The Morgan fingerprint density at radius 3 is 2.14 bits per heavy atom. The fraction of sp³-hybridized carbons (Fsp3) is 0.867. The van der Waals surface area contributed by atoms with Gasteiger partial charge in [0.2, 0.25) is 5.91 Å². The summed E-state index contributed by atoms with van der Waals surface area (Å²) in [5.74, 6) is -1.25. The Balaban J connectivity index is 3.94. The van der Waals surface area contributed by atoms with Crippen LogP contribution in [0.15, 0.2) is 0 Å². The summed E-state index contributed by atoms with van der Waals surface area (Å²) in [6.45, 7) is 7.98. The lowest BCUT2D eigenvalue weighted by atomic mass is 9.96. The summed E-state index contributed by atoms with van der Waals surface area (Å²) in [4.78, 5) is 22.8. The molecule has 0 bridgehead atoms. The van der Waals surface area contributed by atoms with Gasteiger partial charge in [-0.25, -0.2) is 0 Å². The zero-order valence-electron chi connectivity index (χ0n) is 13.6. The SMILES string of the molecule is CC(C)N[C@@H](CCCCNC(=O)C(CO)C(C)C)C(=O)O. The summed E-state index contributed by atoms with van der Waals surface area (Å²) in [6, 6.07) is -0.413. The lowest BCUT2D eigenvalue weighted by molar-refractivity contribution is -0.140. The van der Waals surface area contributed by atoms with E-state index in [1.807, 2.05) is 27.7 Å². The van der Waals surface area contributed by atoms with Gasteiger partial charge in [0.05, 0.1) is 12.5 Å². The molecule has 0 heterocycles. The van der Waals surface area contributed by atoms with Crippen LogP contribution in [0.3, 0.4) is 0 Å². The number of carboxylic acids is 1. The number of rotatable bonds is 11. The molecule has 0 aliphatic rings. The van der Waals surface area contributed by atoms with E-state index < -0.39 is 12.0 Å². The first kappa shape index (κ1) is 19.9. The number of carbonyl (C=O) groups is 2. The van der Waals surface area contributed by atoms with Crippen molar-refractivity contribution in [2.75, 3.05) is 13.2 Å². The number of unbranched alkanes of at least 4 members (excludes halogenated alkanes) is 1. The largest absolute Gasteiger partial charge is 0.480 e. The van der Waals surface area contributed by atoms with E-state index in [-0.39, 0.29) is 30.4 Å². The van der Waals surface area contributed by atoms with E-state index in [0.29, 0.717) is 13.0 Å². The van der Waals surface area contributed by atoms with E-state index in [0.717, 1.165) is 12.8 Å².